The maximum atomic E-state index is 13.4. The fourth-order valence-electron chi connectivity index (χ4n) is 1.76. The molecule has 1 nitrogen and oxygen atoms in total. The van der Waals surface area contributed by atoms with E-state index in [4.69, 9.17) is 23.2 Å². The van der Waals surface area contributed by atoms with Gasteiger partial charge in [0, 0.05) is 16.5 Å². The second-order valence-electron chi connectivity index (χ2n) is 4.09. The van der Waals surface area contributed by atoms with Crippen LogP contribution in [0.5, 0.6) is 0 Å². The Hall–Kier alpha value is -0.610. The molecule has 2 aromatic rings. The normalized spacial score (nSPS) is 12.5. The lowest BCUT2D eigenvalue weighted by atomic mass is 10.0. The van der Waals surface area contributed by atoms with Crippen LogP contribution in [0.25, 0.3) is 0 Å². The van der Waals surface area contributed by atoms with E-state index in [0.29, 0.717) is 25.6 Å². The second-order valence-corrected chi connectivity index (χ2v) is 5.76. The van der Waals surface area contributed by atoms with E-state index in [2.05, 4.69) is 15.9 Å². The van der Waals surface area contributed by atoms with Crippen LogP contribution in [-0.2, 0) is 6.42 Å². The summed E-state index contributed by atoms with van der Waals surface area (Å²) in [6.45, 7) is 0. The average Bonchev–Trinajstić information content (AvgIpc) is 2.37. The Balaban J connectivity index is 2.25. The van der Waals surface area contributed by atoms with Crippen LogP contribution in [-0.4, -0.2) is 5.11 Å². The van der Waals surface area contributed by atoms with Gasteiger partial charge in [-0.2, -0.15) is 0 Å². The van der Waals surface area contributed by atoms with Gasteiger partial charge >= 0.3 is 0 Å². The van der Waals surface area contributed by atoms with Crippen molar-refractivity contribution in [3.8, 4) is 0 Å². The lowest BCUT2D eigenvalue weighted by Gasteiger charge is -2.14. The highest BCUT2D eigenvalue weighted by atomic mass is 79.9. The Bertz CT molecular complexity index is 584. The summed E-state index contributed by atoms with van der Waals surface area (Å²) < 4.78 is 13.8. The van der Waals surface area contributed by atoms with Gasteiger partial charge < -0.3 is 5.11 Å². The molecule has 0 bridgehead atoms. The first-order chi connectivity index (χ1) is 8.99. The minimum Gasteiger partial charge on any atom is -0.388 e. The van der Waals surface area contributed by atoms with E-state index in [1.165, 1.54) is 6.07 Å². The summed E-state index contributed by atoms with van der Waals surface area (Å²) in [4.78, 5) is 0. The molecule has 100 valence electrons. The fraction of sp³-hybridized carbons (Fsp3) is 0.143. The lowest BCUT2D eigenvalue weighted by molar-refractivity contribution is 0.178. The Labute approximate surface area is 129 Å². The third-order valence-corrected chi connectivity index (χ3v) is 4.14. The largest absolute Gasteiger partial charge is 0.388 e. The molecule has 19 heavy (non-hydrogen) atoms. The minimum absolute atomic E-state index is 0.236. The molecule has 0 saturated carbocycles. The Morgan fingerprint density at radius 3 is 2.37 bits per heavy atom. The van der Waals surface area contributed by atoms with Crippen molar-refractivity contribution in [2.45, 2.75) is 12.5 Å². The number of aliphatic hydroxyl groups is 1. The molecule has 0 aliphatic heterocycles. The molecule has 0 aliphatic rings. The number of hydrogen-bond acceptors (Lipinski definition) is 1. The van der Waals surface area contributed by atoms with Gasteiger partial charge in [0.1, 0.15) is 5.82 Å². The smallest absolute Gasteiger partial charge is 0.137 e. The van der Waals surface area contributed by atoms with Crippen molar-refractivity contribution in [2.24, 2.45) is 0 Å². The monoisotopic (exact) mass is 362 g/mol. The predicted octanol–water partition coefficient (Wildman–Crippen LogP) is 5.17. The molecule has 0 fully saturated rings. The summed E-state index contributed by atoms with van der Waals surface area (Å²) in [5, 5.41) is 11.1. The third kappa shape index (κ3) is 3.48. The molecule has 0 amide bonds. The van der Waals surface area contributed by atoms with Crippen LogP contribution < -0.4 is 0 Å². The van der Waals surface area contributed by atoms with E-state index in [9.17, 15) is 9.50 Å². The van der Waals surface area contributed by atoms with Crippen LogP contribution in [0.1, 0.15) is 17.2 Å². The summed E-state index contributed by atoms with van der Waals surface area (Å²) in [6.07, 6.45) is -0.625. The average molecular weight is 364 g/mol. The van der Waals surface area contributed by atoms with Gasteiger partial charge in [-0.1, -0.05) is 35.3 Å². The fourth-order valence-corrected chi connectivity index (χ4v) is 2.56. The maximum Gasteiger partial charge on any atom is 0.137 e. The van der Waals surface area contributed by atoms with Gasteiger partial charge in [-0.3, -0.25) is 0 Å². The van der Waals surface area contributed by atoms with E-state index >= 15 is 0 Å². The summed E-state index contributed by atoms with van der Waals surface area (Å²) in [5.74, 6) is -0.415. The number of halogens is 4. The van der Waals surface area contributed by atoms with Crippen LogP contribution in [0.4, 0.5) is 4.39 Å². The highest BCUT2D eigenvalue weighted by molar-refractivity contribution is 9.10. The van der Waals surface area contributed by atoms with Gasteiger partial charge in [0.2, 0.25) is 0 Å². The lowest BCUT2D eigenvalue weighted by Crippen LogP contribution is -2.03. The topological polar surface area (TPSA) is 20.2 Å². The number of rotatable bonds is 3. The van der Waals surface area contributed by atoms with Crippen molar-refractivity contribution in [1.29, 1.82) is 0 Å². The highest BCUT2D eigenvalue weighted by Crippen LogP contribution is 2.30. The summed E-state index contributed by atoms with van der Waals surface area (Å²) in [6, 6.07) is 9.65. The standard InChI is InChI=1S/C14H10BrCl2FO/c15-10-5-4-8(6-13(10)18)14(19)7-9-11(16)2-1-3-12(9)17/h1-6,14,19H,7H2. The van der Waals surface area contributed by atoms with Crippen molar-refractivity contribution >= 4 is 39.1 Å². The van der Waals surface area contributed by atoms with Crippen LogP contribution in [0.3, 0.4) is 0 Å². The third-order valence-electron chi connectivity index (χ3n) is 2.79. The molecule has 1 atom stereocenters. The molecule has 1 unspecified atom stereocenters. The quantitative estimate of drug-likeness (QED) is 0.797. The zero-order valence-corrected chi connectivity index (χ0v) is 12.8. The minimum atomic E-state index is -0.861. The molecule has 0 aromatic heterocycles. The number of benzene rings is 2. The number of aliphatic hydroxyl groups excluding tert-OH is 1. The van der Waals surface area contributed by atoms with Gasteiger partial charge in [0.25, 0.3) is 0 Å². The predicted molar refractivity (Wildman–Crippen MR) is 79.2 cm³/mol. The molecule has 2 rings (SSSR count). The molecule has 0 saturated heterocycles. The van der Waals surface area contributed by atoms with E-state index in [1.54, 1.807) is 30.3 Å². The van der Waals surface area contributed by atoms with Crippen molar-refractivity contribution in [3.63, 3.8) is 0 Å². The summed E-state index contributed by atoms with van der Waals surface area (Å²) in [7, 11) is 0. The van der Waals surface area contributed by atoms with Gasteiger partial charge in [0.05, 0.1) is 10.6 Å². The van der Waals surface area contributed by atoms with Gasteiger partial charge in [0.15, 0.2) is 0 Å². The molecule has 5 heteroatoms. The van der Waals surface area contributed by atoms with E-state index in [0.717, 1.165) is 0 Å². The molecular weight excluding hydrogens is 354 g/mol. The molecule has 0 spiro atoms. The van der Waals surface area contributed by atoms with Crippen molar-refractivity contribution in [2.75, 3.05) is 0 Å². The van der Waals surface area contributed by atoms with Crippen LogP contribution >= 0.6 is 39.1 Å². The first-order valence-electron chi connectivity index (χ1n) is 5.55. The summed E-state index contributed by atoms with van der Waals surface area (Å²) >= 11 is 15.2. The first kappa shape index (κ1) is 14.8. The second kappa shape index (κ2) is 6.23. The van der Waals surface area contributed by atoms with Crippen molar-refractivity contribution in [1.82, 2.24) is 0 Å². The Morgan fingerprint density at radius 1 is 1.16 bits per heavy atom. The molecule has 1 N–H and O–H groups in total. The number of hydrogen-bond donors (Lipinski definition) is 1. The first-order valence-corrected chi connectivity index (χ1v) is 7.10. The van der Waals surface area contributed by atoms with E-state index in [-0.39, 0.29) is 6.42 Å². The SMILES string of the molecule is OC(Cc1c(Cl)cccc1Cl)c1ccc(Br)c(F)c1. The van der Waals surface area contributed by atoms with E-state index in [1.807, 2.05) is 0 Å². The van der Waals surface area contributed by atoms with Crippen LogP contribution in [0.2, 0.25) is 10.0 Å². The van der Waals surface area contributed by atoms with Gasteiger partial charge in [-0.25, -0.2) is 4.39 Å². The highest BCUT2D eigenvalue weighted by Gasteiger charge is 2.14. The van der Waals surface area contributed by atoms with Crippen LogP contribution in [0.15, 0.2) is 40.9 Å². The zero-order chi connectivity index (χ0) is 14.0. The van der Waals surface area contributed by atoms with Crippen molar-refractivity contribution in [3.05, 3.63) is 67.9 Å². The maximum absolute atomic E-state index is 13.4. The Morgan fingerprint density at radius 2 is 1.79 bits per heavy atom. The Kier molecular flexibility index (Phi) is 4.85. The van der Waals surface area contributed by atoms with E-state index < -0.39 is 11.9 Å². The zero-order valence-electron chi connectivity index (χ0n) is 9.71. The molecule has 0 aliphatic carbocycles. The molecular formula is C14H10BrCl2FO. The van der Waals surface area contributed by atoms with Crippen molar-refractivity contribution < 1.29 is 9.50 Å². The molecule has 2 aromatic carbocycles. The van der Waals surface area contributed by atoms with Crippen LogP contribution in [0, 0.1) is 5.82 Å². The summed E-state index contributed by atoms with van der Waals surface area (Å²) in [5.41, 5.74) is 1.14. The molecule has 0 heterocycles. The molecule has 0 radical (unpaired) electrons. The van der Waals surface area contributed by atoms with Gasteiger partial charge in [-0.05, 0) is 51.3 Å². The van der Waals surface area contributed by atoms with Gasteiger partial charge in [-0.15, -0.1) is 0 Å².